The summed E-state index contributed by atoms with van der Waals surface area (Å²) >= 11 is 0. The van der Waals surface area contributed by atoms with Gasteiger partial charge in [0.25, 0.3) is 0 Å². The van der Waals surface area contributed by atoms with Crippen LogP contribution in [0.1, 0.15) is 72.1 Å². The van der Waals surface area contributed by atoms with E-state index in [0.717, 1.165) is 12.8 Å². The van der Waals surface area contributed by atoms with E-state index in [9.17, 15) is 9.59 Å². The molecule has 0 saturated carbocycles. The van der Waals surface area contributed by atoms with Crippen LogP contribution < -0.4 is 0 Å². The van der Waals surface area contributed by atoms with Crippen molar-refractivity contribution in [1.29, 1.82) is 0 Å². The van der Waals surface area contributed by atoms with Crippen molar-refractivity contribution >= 4 is 11.8 Å². The van der Waals surface area contributed by atoms with Gasteiger partial charge >= 0.3 is 5.97 Å². The molecule has 1 atom stereocenters. The van der Waals surface area contributed by atoms with Gasteiger partial charge in [0, 0.05) is 6.42 Å². The molecule has 0 aromatic carbocycles. The fraction of sp³-hybridized carbons (Fsp3) is 0.867. The summed E-state index contributed by atoms with van der Waals surface area (Å²) in [6, 6.07) is 0. The molecule has 0 aromatic rings. The van der Waals surface area contributed by atoms with E-state index in [-0.39, 0.29) is 11.8 Å². The number of ketones is 1. The monoisotopic (exact) mass is 256 g/mol. The maximum Gasteiger partial charge on any atom is 0.316 e. The predicted octanol–water partition coefficient (Wildman–Crippen LogP) is 3.90. The van der Waals surface area contributed by atoms with Gasteiger partial charge < -0.3 is 4.74 Å². The molecule has 0 aliphatic rings. The van der Waals surface area contributed by atoms with Gasteiger partial charge in [-0.05, 0) is 13.3 Å². The van der Waals surface area contributed by atoms with E-state index in [1.807, 2.05) is 0 Å². The van der Waals surface area contributed by atoms with E-state index in [1.54, 1.807) is 13.8 Å². The van der Waals surface area contributed by atoms with Crippen molar-refractivity contribution in [2.75, 3.05) is 6.61 Å². The molecule has 0 spiro atoms. The molecular weight excluding hydrogens is 228 g/mol. The molecule has 0 rings (SSSR count). The minimum absolute atomic E-state index is 0.0157. The van der Waals surface area contributed by atoms with Crippen molar-refractivity contribution in [3.05, 3.63) is 0 Å². The number of unbranched alkanes of at least 4 members (excludes halogenated alkanes) is 5. The summed E-state index contributed by atoms with van der Waals surface area (Å²) in [4.78, 5) is 23.4. The molecule has 0 bridgehead atoms. The number of carbonyl (C=O) groups excluding carboxylic acids is 2. The largest absolute Gasteiger partial charge is 0.465 e. The van der Waals surface area contributed by atoms with Crippen molar-refractivity contribution in [3.63, 3.8) is 0 Å². The van der Waals surface area contributed by atoms with Gasteiger partial charge in [-0.15, -0.1) is 0 Å². The number of carbonyl (C=O) groups is 2. The standard InChI is InChI=1S/C15H28O3/c1-4-7-8-9-10-11-12-13(14(16)5-2)15(17)18-6-3/h13H,4-12H2,1-3H3. The third-order valence-corrected chi connectivity index (χ3v) is 3.15. The SMILES string of the molecule is CCCCCCCCC(C(=O)CC)C(=O)OCC. The molecule has 3 nitrogen and oxygen atoms in total. The smallest absolute Gasteiger partial charge is 0.316 e. The van der Waals surface area contributed by atoms with Gasteiger partial charge in [0.1, 0.15) is 11.7 Å². The third-order valence-electron chi connectivity index (χ3n) is 3.15. The molecule has 0 saturated heterocycles. The lowest BCUT2D eigenvalue weighted by atomic mass is 9.95. The minimum Gasteiger partial charge on any atom is -0.465 e. The van der Waals surface area contributed by atoms with Crippen LogP contribution in [0.3, 0.4) is 0 Å². The van der Waals surface area contributed by atoms with Crippen LogP contribution in [0.15, 0.2) is 0 Å². The van der Waals surface area contributed by atoms with Gasteiger partial charge in [0.05, 0.1) is 6.61 Å². The number of rotatable bonds is 11. The molecule has 0 heterocycles. The van der Waals surface area contributed by atoms with E-state index in [4.69, 9.17) is 4.74 Å². The van der Waals surface area contributed by atoms with Crippen LogP contribution >= 0.6 is 0 Å². The van der Waals surface area contributed by atoms with E-state index < -0.39 is 5.92 Å². The van der Waals surface area contributed by atoms with Crippen LogP contribution in [-0.4, -0.2) is 18.4 Å². The van der Waals surface area contributed by atoms with E-state index in [2.05, 4.69) is 6.92 Å². The molecule has 0 fully saturated rings. The Kier molecular flexibility index (Phi) is 10.7. The van der Waals surface area contributed by atoms with Gasteiger partial charge in [0.2, 0.25) is 0 Å². The van der Waals surface area contributed by atoms with Gasteiger partial charge in [-0.1, -0.05) is 52.4 Å². The highest BCUT2D eigenvalue weighted by Gasteiger charge is 2.25. The lowest BCUT2D eigenvalue weighted by molar-refractivity contribution is -0.151. The number of hydrogen-bond acceptors (Lipinski definition) is 3. The summed E-state index contributed by atoms with van der Waals surface area (Å²) in [6.45, 7) is 6.12. The van der Waals surface area contributed by atoms with Gasteiger partial charge in [0.15, 0.2) is 0 Å². The molecule has 0 aliphatic carbocycles. The molecule has 106 valence electrons. The highest BCUT2D eigenvalue weighted by atomic mass is 16.5. The quantitative estimate of drug-likeness (QED) is 0.320. The Labute approximate surface area is 111 Å². The summed E-state index contributed by atoms with van der Waals surface area (Å²) in [5.74, 6) is -0.846. The summed E-state index contributed by atoms with van der Waals surface area (Å²) in [6.07, 6.45) is 8.07. The average molecular weight is 256 g/mol. The molecule has 0 aliphatic heterocycles. The lowest BCUT2D eigenvalue weighted by Crippen LogP contribution is -2.25. The third kappa shape index (κ3) is 7.46. The van der Waals surface area contributed by atoms with Crippen LogP contribution in [0, 0.1) is 5.92 Å². The number of ether oxygens (including phenoxy) is 1. The van der Waals surface area contributed by atoms with Crippen molar-refractivity contribution in [2.45, 2.75) is 72.1 Å². The fourth-order valence-corrected chi connectivity index (χ4v) is 2.03. The second-order valence-corrected chi connectivity index (χ2v) is 4.68. The zero-order valence-corrected chi connectivity index (χ0v) is 12.2. The first-order chi connectivity index (χ1) is 8.67. The Bertz CT molecular complexity index is 236. The Morgan fingerprint density at radius 2 is 1.56 bits per heavy atom. The number of hydrogen-bond donors (Lipinski definition) is 0. The van der Waals surface area contributed by atoms with Crippen LogP contribution in [0.5, 0.6) is 0 Å². The fourth-order valence-electron chi connectivity index (χ4n) is 2.03. The van der Waals surface area contributed by atoms with Crippen molar-refractivity contribution in [2.24, 2.45) is 5.92 Å². The van der Waals surface area contributed by atoms with Crippen LogP contribution in [0.4, 0.5) is 0 Å². The average Bonchev–Trinajstić information content (AvgIpc) is 2.37. The highest BCUT2D eigenvalue weighted by Crippen LogP contribution is 2.16. The van der Waals surface area contributed by atoms with Crippen molar-refractivity contribution in [3.8, 4) is 0 Å². The Morgan fingerprint density at radius 1 is 0.944 bits per heavy atom. The van der Waals surface area contributed by atoms with Crippen LogP contribution in [0.2, 0.25) is 0 Å². The minimum atomic E-state index is -0.527. The Hall–Kier alpha value is -0.860. The first-order valence-electron chi connectivity index (χ1n) is 7.36. The molecule has 0 N–H and O–H groups in total. The molecule has 1 unspecified atom stereocenters. The van der Waals surface area contributed by atoms with Crippen LogP contribution in [-0.2, 0) is 14.3 Å². The number of Topliss-reactive ketones (excluding diaryl/α,β-unsaturated/α-hetero) is 1. The summed E-state index contributed by atoms with van der Waals surface area (Å²) in [7, 11) is 0. The van der Waals surface area contributed by atoms with Crippen LogP contribution in [0.25, 0.3) is 0 Å². The highest BCUT2D eigenvalue weighted by molar-refractivity contribution is 5.98. The van der Waals surface area contributed by atoms with E-state index in [0.29, 0.717) is 19.4 Å². The molecule has 18 heavy (non-hydrogen) atoms. The number of esters is 1. The predicted molar refractivity (Wildman–Crippen MR) is 73.4 cm³/mol. The zero-order chi connectivity index (χ0) is 13.8. The summed E-state index contributed by atoms with van der Waals surface area (Å²) in [5.41, 5.74) is 0. The molecule has 0 amide bonds. The second-order valence-electron chi connectivity index (χ2n) is 4.68. The summed E-state index contributed by atoms with van der Waals surface area (Å²) < 4.78 is 4.96. The van der Waals surface area contributed by atoms with Crippen molar-refractivity contribution in [1.82, 2.24) is 0 Å². The summed E-state index contributed by atoms with van der Waals surface area (Å²) in [5, 5.41) is 0. The molecule has 0 radical (unpaired) electrons. The Balaban J connectivity index is 3.94. The molecular formula is C15H28O3. The lowest BCUT2D eigenvalue weighted by Gasteiger charge is -2.13. The van der Waals surface area contributed by atoms with Gasteiger partial charge in [-0.3, -0.25) is 9.59 Å². The molecule has 3 heteroatoms. The normalized spacial score (nSPS) is 12.2. The van der Waals surface area contributed by atoms with E-state index >= 15 is 0 Å². The van der Waals surface area contributed by atoms with E-state index in [1.165, 1.54) is 25.7 Å². The zero-order valence-electron chi connectivity index (χ0n) is 12.2. The maximum atomic E-state index is 11.7. The topological polar surface area (TPSA) is 43.4 Å². The van der Waals surface area contributed by atoms with Crippen molar-refractivity contribution < 1.29 is 14.3 Å². The first-order valence-corrected chi connectivity index (χ1v) is 7.36. The molecule has 0 aromatic heterocycles. The second kappa shape index (κ2) is 11.2. The maximum absolute atomic E-state index is 11.7. The van der Waals surface area contributed by atoms with Gasteiger partial charge in [-0.2, -0.15) is 0 Å². The first kappa shape index (κ1) is 17.1. The Morgan fingerprint density at radius 3 is 2.11 bits per heavy atom. The van der Waals surface area contributed by atoms with Gasteiger partial charge in [-0.25, -0.2) is 0 Å².